The molecule has 7 nitrogen and oxygen atoms in total. The number of carbonyl (C=O) groups excluding carboxylic acids is 4. The lowest BCUT2D eigenvalue weighted by Gasteiger charge is -2.40. The zero-order valence-corrected chi connectivity index (χ0v) is 14.5. The van der Waals surface area contributed by atoms with Gasteiger partial charge in [-0.2, -0.15) is 0 Å². The Morgan fingerprint density at radius 2 is 1.81 bits per heavy atom. The van der Waals surface area contributed by atoms with Crippen LogP contribution in [0.25, 0.3) is 0 Å². The molecule has 1 aliphatic carbocycles. The number of rotatable bonds is 4. The third-order valence-electron chi connectivity index (χ3n) is 5.67. The zero-order chi connectivity index (χ0) is 19.3. The molecular weight excluding hydrogens is 359 g/mol. The monoisotopic (exact) mass is 376 g/mol. The fourth-order valence-electron chi connectivity index (χ4n) is 4.65. The highest BCUT2D eigenvalue weighted by Crippen LogP contribution is 2.54. The number of fused-ring (bicyclic) bond motifs is 3. The molecular formula is C19H17FO7. The molecule has 0 radical (unpaired) electrons. The van der Waals surface area contributed by atoms with Gasteiger partial charge in [0.05, 0.1) is 30.8 Å². The van der Waals surface area contributed by atoms with Gasteiger partial charge in [0, 0.05) is 11.8 Å². The van der Waals surface area contributed by atoms with Crippen molar-refractivity contribution in [2.75, 3.05) is 13.5 Å². The summed E-state index contributed by atoms with van der Waals surface area (Å²) in [4.78, 5) is 48.7. The second kappa shape index (κ2) is 6.53. The number of halogens is 1. The van der Waals surface area contributed by atoms with Crippen LogP contribution < -0.4 is 0 Å². The maximum Gasteiger partial charge on any atom is 0.321 e. The third-order valence-corrected chi connectivity index (χ3v) is 5.67. The molecule has 1 aromatic rings. The van der Waals surface area contributed by atoms with Gasteiger partial charge < -0.3 is 14.2 Å². The molecule has 8 heteroatoms. The number of hydrogen-bond donors (Lipinski definition) is 0. The van der Waals surface area contributed by atoms with Crippen LogP contribution in [0.1, 0.15) is 34.9 Å². The van der Waals surface area contributed by atoms with Crippen LogP contribution in [-0.2, 0) is 33.4 Å². The van der Waals surface area contributed by atoms with E-state index in [1.807, 2.05) is 13.0 Å². The predicted octanol–water partition coefficient (Wildman–Crippen LogP) is 1.52. The minimum Gasteiger partial charge on any atom is -0.393 e. The van der Waals surface area contributed by atoms with Crippen LogP contribution in [0.5, 0.6) is 0 Å². The van der Waals surface area contributed by atoms with Gasteiger partial charge in [-0.3, -0.25) is 19.2 Å². The van der Waals surface area contributed by atoms with E-state index in [0.29, 0.717) is 11.1 Å². The Balaban J connectivity index is 1.88. The molecule has 3 aliphatic rings. The van der Waals surface area contributed by atoms with E-state index in [4.69, 9.17) is 14.2 Å². The summed E-state index contributed by atoms with van der Waals surface area (Å²) in [7, 11) is 0. The number of benzene rings is 1. The largest absolute Gasteiger partial charge is 0.393 e. The van der Waals surface area contributed by atoms with Gasteiger partial charge in [-0.1, -0.05) is 23.8 Å². The van der Waals surface area contributed by atoms with E-state index in [2.05, 4.69) is 0 Å². The fraction of sp³-hybridized carbons (Fsp3) is 0.474. The standard InChI is InChI=1S/C19H17FO7/c1-8-2-3-9-10(4-8)15-16(19(24)27-18(15)23)12(6-25-7-20)14(9)11-5-13(21)26-17(11)22/h2-4,11-12,14-16H,5-7H2,1H3. The van der Waals surface area contributed by atoms with Crippen molar-refractivity contribution in [2.24, 2.45) is 17.8 Å². The Hall–Kier alpha value is -2.61. The van der Waals surface area contributed by atoms with Gasteiger partial charge in [0.2, 0.25) is 0 Å². The van der Waals surface area contributed by atoms with Crippen molar-refractivity contribution in [2.45, 2.75) is 25.2 Å². The smallest absolute Gasteiger partial charge is 0.321 e. The van der Waals surface area contributed by atoms with Crippen LogP contribution >= 0.6 is 0 Å². The van der Waals surface area contributed by atoms with Gasteiger partial charge >= 0.3 is 23.9 Å². The summed E-state index contributed by atoms with van der Waals surface area (Å²) in [5.41, 5.74) is 2.14. The Morgan fingerprint density at radius 1 is 1.04 bits per heavy atom. The van der Waals surface area contributed by atoms with E-state index < -0.39 is 60.3 Å². The molecule has 2 aliphatic heterocycles. The predicted molar refractivity (Wildman–Crippen MR) is 85.9 cm³/mol. The van der Waals surface area contributed by atoms with Crippen LogP contribution in [0.4, 0.5) is 4.39 Å². The van der Waals surface area contributed by atoms with E-state index in [-0.39, 0.29) is 13.0 Å². The lowest BCUT2D eigenvalue weighted by atomic mass is 9.61. The topological polar surface area (TPSA) is 96.0 Å². The third kappa shape index (κ3) is 2.75. The van der Waals surface area contributed by atoms with Crippen LogP contribution in [0.15, 0.2) is 18.2 Å². The van der Waals surface area contributed by atoms with Gasteiger partial charge in [-0.25, -0.2) is 4.39 Å². The second-order valence-electron chi connectivity index (χ2n) is 7.15. The highest BCUT2D eigenvalue weighted by atomic mass is 19.1. The zero-order valence-electron chi connectivity index (χ0n) is 14.5. The molecule has 0 N–H and O–H groups in total. The second-order valence-corrected chi connectivity index (χ2v) is 7.15. The molecule has 142 valence electrons. The van der Waals surface area contributed by atoms with Crippen molar-refractivity contribution in [1.82, 2.24) is 0 Å². The van der Waals surface area contributed by atoms with Crippen molar-refractivity contribution in [3.05, 3.63) is 34.9 Å². The molecule has 0 bridgehead atoms. The van der Waals surface area contributed by atoms with E-state index in [1.54, 1.807) is 12.1 Å². The lowest BCUT2D eigenvalue weighted by molar-refractivity contribution is -0.156. The molecule has 4 rings (SSSR count). The van der Waals surface area contributed by atoms with Gasteiger partial charge in [0.25, 0.3) is 0 Å². The molecule has 0 saturated carbocycles. The van der Waals surface area contributed by atoms with E-state index in [9.17, 15) is 23.6 Å². The van der Waals surface area contributed by atoms with E-state index in [1.165, 1.54) is 0 Å². The Morgan fingerprint density at radius 3 is 2.48 bits per heavy atom. The molecule has 2 saturated heterocycles. The summed E-state index contributed by atoms with van der Waals surface area (Å²) >= 11 is 0. The Kier molecular flexibility index (Phi) is 4.30. The molecule has 0 amide bonds. The highest BCUT2D eigenvalue weighted by Gasteiger charge is 2.58. The van der Waals surface area contributed by atoms with Gasteiger partial charge in [-0.05, 0) is 18.1 Å². The first-order valence-electron chi connectivity index (χ1n) is 8.66. The van der Waals surface area contributed by atoms with Crippen LogP contribution in [0.2, 0.25) is 0 Å². The number of carbonyl (C=O) groups is 4. The van der Waals surface area contributed by atoms with Gasteiger partial charge in [0.15, 0.2) is 6.86 Å². The van der Waals surface area contributed by atoms with Gasteiger partial charge in [0.1, 0.15) is 0 Å². The first-order valence-corrected chi connectivity index (χ1v) is 8.66. The highest BCUT2D eigenvalue weighted by molar-refractivity contribution is 6.01. The number of ether oxygens (including phenoxy) is 3. The maximum atomic E-state index is 12.7. The summed E-state index contributed by atoms with van der Waals surface area (Å²) in [5, 5.41) is 0. The van der Waals surface area contributed by atoms with Gasteiger partial charge in [-0.15, -0.1) is 0 Å². The van der Waals surface area contributed by atoms with E-state index in [0.717, 1.165) is 5.56 Å². The molecule has 0 spiro atoms. The first-order chi connectivity index (χ1) is 12.9. The average Bonchev–Trinajstić information content (AvgIpc) is 3.10. The number of hydrogen-bond acceptors (Lipinski definition) is 7. The fourth-order valence-corrected chi connectivity index (χ4v) is 4.65. The quantitative estimate of drug-likeness (QED) is 0.581. The first kappa shape index (κ1) is 17.8. The number of esters is 4. The molecule has 1 aromatic carbocycles. The molecule has 2 heterocycles. The average molecular weight is 376 g/mol. The van der Waals surface area contributed by atoms with Crippen LogP contribution in [0, 0.1) is 24.7 Å². The minimum absolute atomic E-state index is 0.136. The van der Waals surface area contributed by atoms with E-state index >= 15 is 0 Å². The van der Waals surface area contributed by atoms with Crippen LogP contribution in [-0.4, -0.2) is 37.3 Å². The molecule has 27 heavy (non-hydrogen) atoms. The van der Waals surface area contributed by atoms with Crippen molar-refractivity contribution in [1.29, 1.82) is 0 Å². The SMILES string of the molecule is Cc1ccc2c(c1)C1C(=O)OC(=O)C1C(COCF)C2C1CC(=O)OC1=O. The number of alkyl halides is 1. The molecule has 0 aromatic heterocycles. The minimum atomic E-state index is -1.07. The Bertz CT molecular complexity index is 848. The summed E-state index contributed by atoms with van der Waals surface area (Å²) in [6.07, 6.45) is -0.136. The van der Waals surface area contributed by atoms with Crippen molar-refractivity contribution in [3.63, 3.8) is 0 Å². The van der Waals surface area contributed by atoms with Crippen molar-refractivity contribution < 1.29 is 37.8 Å². The maximum absolute atomic E-state index is 12.7. The van der Waals surface area contributed by atoms with Crippen LogP contribution in [0.3, 0.4) is 0 Å². The molecule has 5 atom stereocenters. The lowest BCUT2D eigenvalue weighted by Crippen LogP contribution is -2.41. The van der Waals surface area contributed by atoms with Crippen molar-refractivity contribution in [3.8, 4) is 0 Å². The number of aryl methyl sites for hydroxylation is 1. The Labute approximate surface area is 153 Å². The normalized spacial score (nSPS) is 32.1. The number of cyclic esters (lactones) is 4. The molecule has 5 unspecified atom stereocenters. The van der Waals surface area contributed by atoms with Crippen molar-refractivity contribution >= 4 is 23.9 Å². The summed E-state index contributed by atoms with van der Waals surface area (Å²) < 4.78 is 27.2. The summed E-state index contributed by atoms with van der Waals surface area (Å²) in [5.74, 6) is -6.56. The summed E-state index contributed by atoms with van der Waals surface area (Å²) in [6.45, 7) is 0.590. The summed E-state index contributed by atoms with van der Waals surface area (Å²) in [6, 6.07) is 5.39. The molecule has 2 fully saturated rings.